The van der Waals surface area contributed by atoms with Crippen molar-refractivity contribution in [3.8, 4) is 22.8 Å². The Hall–Kier alpha value is -3.23. The van der Waals surface area contributed by atoms with Crippen molar-refractivity contribution in [1.82, 2.24) is 10.1 Å². The average Bonchev–Trinajstić information content (AvgIpc) is 3.46. The second-order valence-corrected chi connectivity index (χ2v) is 8.10. The maximum Gasteiger partial charge on any atom is 0.345 e. The van der Waals surface area contributed by atoms with E-state index in [1.54, 1.807) is 24.3 Å². The fraction of sp³-hybridized carbons (Fsp3) is 0.304. The molecule has 0 N–H and O–H groups in total. The number of methoxy groups -OCH3 is 1. The highest BCUT2D eigenvalue weighted by Gasteiger charge is 2.30. The third kappa shape index (κ3) is 3.99. The lowest BCUT2D eigenvalue weighted by atomic mass is 10.1. The SMILES string of the molecule is COC(=O)c1c(-c2ccc(Cl)cc2)noc1N1CCN(Cc2ccc3c(c2)OCO3)CC1. The van der Waals surface area contributed by atoms with Gasteiger partial charge in [-0.15, -0.1) is 0 Å². The number of fused-ring (bicyclic) bond motifs is 1. The summed E-state index contributed by atoms with van der Waals surface area (Å²) < 4.78 is 21.5. The number of hydrogen-bond donors (Lipinski definition) is 0. The van der Waals surface area contributed by atoms with Crippen LogP contribution < -0.4 is 14.4 Å². The minimum absolute atomic E-state index is 0.273. The van der Waals surface area contributed by atoms with Crippen molar-refractivity contribution in [1.29, 1.82) is 0 Å². The van der Waals surface area contributed by atoms with Crippen molar-refractivity contribution in [2.45, 2.75) is 6.54 Å². The van der Waals surface area contributed by atoms with Gasteiger partial charge in [0.05, 0.1) is 7.11 Å². The lowest BCUT2D eigenvalue weighted by molar-refractivity contribution is 0.0601. The normalized spacial score (nSPS) is 15.8. The first-order chi connectivity index (χ1) is 15.6. The maximum absolute atomic E-state index is 12.6. The summed E-state index contributed by atoms with van der Waals surface area (Å²) >= 11 is 5.99. The fourth-order valence-corrected chi connectivity index (χ4v) is 4.12. The second-order valence-electron chi connectivity index (χ2n) is 7.66. The molecule has 2 aliphatic rings. The summed E-state index contributed by atoms with van der Waals surface area (Å²) in [6, 6.07) is 13.1. The lowest BCUT2D eigenvalue weighted by Crippen LogP contribution is -2.46. The zero-order valence-electron chi connectivity index (χ0n) is 17.5. The molecule has 166 valence electrons. The molecule has 0 atom stereocenters. The first-order valence-corrected chi connectivity index (χ1v) is 10.7. The van der Waals surface area contributed by atoms with E-state index in [1.807, 2.05) is 17.0 Å². The molecule has 9 heteroatoms. The smallest absolute Gasteiger partial charge is 0.345 e. The number of ether oxygens (including phenoxy) is 3. The number of rotatable bonds is 5. The Kier molecular flexibility index (Phi) is 5.63. The summed E-state index contributed by atoms with van der Waals surface area (Å²) in [6.07, 6.45) is 0. The highest BCUT2D eigenvalue weighted by atomic mass is 35.5. The molecule has 0 saturated carbocycles. The van der Waals surface area contributed by atoms with Crippen molar-refractivity contribution in [2.24, 2.45) is 0 Å². The standard InChI is InChI=1S/C23H22ClN3O5/c1-29-23(28)20-21(16-3-5-17(24)6-4-16)25-32-22(20)27-10-8-26(9-11-27)13-15-2-7-18-19(12-15)31-14-30-18/h2-7,12H,8-11,13-14H2,1H3. The Morgan fingerprint density at radius 1 is 1.06 bits per heavy atom. The second kappa shape index (κ2) is 8.72. The van der Waals surface area contributed by atoms with Crippen molar-refractivity contribution in [2.75, 3.05) is 45.0 Å². The van der Waals surface area contributed by atoms with E-state index in [2.05, 4.69) is 16.1 Å². The molecule has 1 fully saturated rings. The molecule has 0 spiro atoms. The number of piperazine rings is 1. The third-order valence-electron chi connectivity index (χ3n) is 5.68. The van der Waals surface area contributed by atoms with Gasteiger partial charge in [0, 0.05) is 43.3 Å². The van der Waals surface area contributed by atoms with Gasteiger partial charge in [-0.05, 0) is 29.8 Å². The molecule has 8 nitrogen and oxygen atoms in total. The number of halogens is 1. The van der Waals surface area contributed by atoms with Crippen LogP contribution in [0.25, 0.3) is 11.3 Å². The minimum Gasteiger partial charge on any atom is -0.465 e. The van der Waals surface area contributed by atoms with Gasteiger partial charge in [-0.3, -0.25) is 4.90 Å². The van der Waals surface area contributed by atoms with E-state index in [4.69, 9.17) is 30.3 Å². The van der Waals surface area contributed by atoms with Gasteiger partial charge in [-0.2, -0.15) is 0 Å². The lowest BCUT2D eigenvalue weighted by Gasteiger charge is -2.34. The monoisotopic (exact) mass is 455 g/mol. The Morgan fingerprint density at radius 2 is 1.81 bits per heavy atom. The maximum atomic E-state index is 12.6. The summed E-state index contributed by atoms with van der Waals surface area (Å²) in [5, 5.41) is 4.79. The Morgan fingerprint density at radius 3 is 2.56 bits per heavy atom. The summed E-state index contributed by atoms with van der Waals surface area (Å²) in [7, 11) is 1.36. The number of nitrogens with zero attached hydrogens (tertiary/aromatic N) is 3. The van der Waals surface area contributed by atoms with Gasteiger partial charge in [0.25, 0.3) is 0 Å². The number of anilines is 1. The van der Waals surface area contributed by atoms with E-state index in [0.29, 0.717) is 35.3 Å². The third-order valence-corrected chi connectivity index (χ3v) is 5.94. The molecule has 3 aromatic rings. The highest BCUT2D eigenvalue weighted by molar-refractivity contribution is 6.30. The number of carbonyl (C=O) groups is 1. The molecule has 5 rings (SSSR count). The first-order valence-electron chi connectivity index (χ1n) is 10.3. The number of benzene rings is 2. The van der Waals surface area contributed by atoms with Crippen LogP contribution in [0.1, 0.15) is 15.9 Å². The molecular formula is C23H22ClN3O5. The molecule has 2 aliphatic heterocycles. The topological polar surface area (TPSA) is 77.3 Å². The molecule has 32 heavy (non-hydrogen) atoms. The van der Waals surface area contributed by atoms with Gasteiger partial charge in [0.1, 0.15) is 5.69 Å². The predicted octanol–water partition coefficient (Wildman–Crippen LogP) is 3.83. The molecule has 0 amide bonds. The molecule has 0 bridgehead atoms. The Balaban J connectivity index is 1.31. The van der Waals surface area contributed by atoms with Crippen molar-refractivity contribution < 1.29 is 23.5 Å². The van der Waals surface area contributed by atoms with Gasteiger partial charge in [0.2, 0.25) is 12.7 Å². The number of hydrogen-bond acceptors (Lipinski definition) is 8. The summed E-state index contributed by atoms with van der Waals surface area (Å²) in [4.78, 5) is 17.0. The van der Waals surface area contributed by atoms with Crippen LogP contribution >= 0.6 is 11.6 Å². The predicted molar refractivity (Wildman–Crippen MR) is 118 cm³/mol. The summed E-state index contributed by atoms with van der Waals surface area (Å²) in [5.41, 5.74) is 2.69. The molecule has 0 aliphatic carbocycles. The molecule has 1 aromatic heterocycles. The van der Waals surface area contributed by atoms with Gasteiger partial charge in [-0.25, -0.2) is 4.79 Å². The van der Waals surface area contributed by atoms with E-state index >= 15 is 0 Å². The molecule has 1 saturated heterocycles. The molecule has 2 aromatic carbocycles. The van der Waals surface area contributed by atoms with Crippen LogP contribution in [-0.4, -0.2) is 56.1 Å². The average molecular weight is 456 g/mol. The van der Waals surface area contributed by atoms with Crippen LogP contribution in [0.2, 0.25) is 5.02 Å². The zero-order chi connectivity index (χ0) is 22.1. The quantitative estimate of drug-likeness (QED) is 0.537. The minimum atomic E-state index is -0.478. The van der Waals surface area contributed by atoms with E-state index in [0.717, 1.165) is 36.7 Å². The Bertz CT molecular complexity index is 1120. The van der Waals surface area contributed by atoms with Crippen molar-refractivity contribution in [3.63, 3.8) is 0 Å². The van der Waals surface area contributed by atoms with Gasteiger partial charge >= 0.3 is 5.97 Å². The van der Waals surface area contributed by atoms with Crippen LogP contribution in [0, 0.1) is 0 Å². The van der Waals surface area contributed by atoms with Gasteiger partial charge in [0.15, 0.2) is 17.1 Å². The van der Waals surface area contributed by atoms with Crippen molar-refractivity contribution >= 4 is 23.5 Å². The van der Waals surface area contributed by atoms with Crippen LogP contribution in [0.4, 0.5) is 5.88 Å². The van der Waals surface area contributed by atoms with Crippen LogP contribution in [0.3, 0.4) is 0 Å². The fourth-order valence-electron chi connectivity index (χ4n) is 3.99. The van der Waals surface area contributed by atoms with Gasteiger partial charge in [-0.1, -0.05) is 35.0 Å². The van der Waals surface area contributed by atoms with Crippen LogP contribution in [-0.2, 0) is 11.3 Å². The summed E-state index contributed by atoms with van der Waals surface area (Å²) in [5.74, 6) is 1.54. The van der Waals surface area contributed by atoms with Gasteiger partial charge < -0.3 is 23.6 Å². The number of esters is 1. The molecule has 0 radical (unpaired) electrons. The molecule has 0 unspecified atom stereocenters. The molecular weight excluding hydrogens is 434 g/mol. The molecule has 3 heterocycles. The number of carbonyl (C=O) groups excluding carboxylic acids is 1. The largest absolute Gasteiger partial charge is 0.465 e. The van der Waals surface area contributed by atoms with E-state index in [9.17, 15) is 4.79 Å². The highest BCUT2D eigenvalue weighted by Crippen LogP contribution is 2.34. The van der Waals surface area contributed by atoms with Crippen molar-refractivity contribution in [3.05, 3.63) is 58.6 Å². The van der Waals surface area contributed by atoms with E-state index in [-0.39, 0.29) is 6.79 Å². The zero-order valence-corrected chi connectivity index (χ0v) is 18.3. The Labute approximate surface area is 190 Å². The van der Waals surface area contributed by atoms with E-state index in [1.165, 1.54) is 12.7 Å². The van der Waals surface area contributed by atoms with Crippen LogP contribution in [0.15, 0.2) is 47.0 Å². The summed E-state index contributed by atoms with van der Waals surface area (Å²) in [6.45, 7) is 4.10. The van der Waals surface area contributed by atoms with Crippen LogP contribution in [0.5, 0.6) is 11.5 Å². The first kappa shape index (κ1) is 20.7. The number of aromatic nitrogens is 1. The van der Waals surface area contributed by atoms with E-state index < -0.39 is 5.97 Å².